The second-order valence-electron chi connectivity index (χ2n) is 4.94. The Balaban J connectivity index is 1.95. The van der Waals surface area contributed by atoms with Crippen molar-refractivity contribution in [2.75, 3.05) is 32.9 Å². The van der Waals surface area contributed by atoms with Gasteiger partial charge in [-0.15, -0.1) is 0 Å². The van der Waals surface area contributed by atoms with Gasteiger partial charge in [-0.1, -0.05) is 32.0 Å². The third kappa shape index (κ3) is 8.59. The highest BCUT2D eigenvalue weighted by molar-refractivity contribution is 5.20. The average Bonchev–Trinajstić information content (AvgIpc) is 2.39. The zero-order valence-corrected chi connectivity index (χ0v) is 11.8. The molecule has 0 spiro atoms. The van der Waals surface area contributed by atoms with Crippen LogP contribution in [0.5, 0.6) is 5.75 Å². The number of benzene rings is 1. The van der Waals surface area contributed by atoms with Crippen LogP contribution < -0.4 is 10.1 Å². The predicted octanol–water partition coefficient (Wildman–Crippen LogP) is 1.69. The molecule has 0 unspecified atom stereocenters. The van der Waals surface area contributed by atoms with Crippen molar-refractivity contribution in [2.24, 2.45) is 5.92 Å². The number of aliphatic hydroxyl groups excluding tert-OH is 1. The molecule has 0 aliphatic heterocycles. The molecule has 0 saturated heterocycles. The first kappa shape index (κ1) is 16.0. The number of hydrogen-bond donors (Lipinski definition) is 2. The van der Waals surface area contributed by atoms with Crippen molar-refractivity contribution >= 4 is 0 Å². The van der Waals surface area contributed by atoms with E-state index in [4.69, 9.17) is 9.47 Å². The van der Waals surface area contributed by atoms with E-state index < -0.39 is 6.10 Å². The molecule has 1 rings (SSSR count). The molecule has 19 heavy (non-hydrogen) atoms. The summed E-state index contributed by atoms with van der Waals surface area (Å²) in [4.78, 5) is 0. The molecule has 4 nitrogen and oxygen atoms in total. The fourth-order valence-corrected chi connectivity index (χ4v) is 1.55. The first-order chi connectivity index (χ1) is 9.18. The molecule has 0 saturated carbocycles. The Bertz CT molecular complexity index is 316. The lowest BCUT2D eigenvalue weighted by molar-refractivity contribution is 0.0249. The van der Waals surface area contributed by atoms with E-state index >= 15 is 0 Å². The van der Waals surface area contributed by atoms with Gasteiger partial charge in [-0.05, 0) is 24.6 Å². The lowest BCUT2D eigenvalue weighted by atomic mass is 10.2. The van der Waals surface area contributed by atoms with Crippen LogP contribution in [0.1, 0.15) is 13.8 Å². The Hall–Kier alpha value is -1.10. The maximum Gasteiger partial charge on any atom is 0.119 e. The van der Waals surface area contributed by atoms with Gasteiger partial charge in [0, 0.05) is 6.54 Å². The molecular formula is C15H25NO3. The Labute approximate surface area is 115 Å². The molecule has 0 aliphatic carbocycles. The van der Waals surface area contributed by atoms with E-state index in [0.717, 1.165) is 12.3 Å². The summed E-state index contributed by atoms with van der Waals surface area (Å²) in [5.74, 6) is 1.43. The second kappa shape index (κ2) is 9.78. The van der Waals surface area contributed by atoms with Gasteiger partial charge in [-0.2, -0.15) is 0 Å². The number of hydrogen-bond acceptors (Lipinski definition) is 4. The highest BCUT2D eigenvalue weighted by atomic mass is 16.5. The van der Waals surface area contributed by atoms with Crippen molar-refractivity contribution in [3.63, 3.8) is 0 Å². The van der Waals surface area contributed by atoms with Gasteiger partial charge in [0.25, 0.3) is 0 Å². The molecule has 0 radical (unpaired) electrons. The third-order valence-corrected chi connectivity index (χ3v) is 2.48. The molecule has 4 heteroatoms. The van der Waals surface area contributed by atoms with Gasteiger partial charge in [-0.25, -0.2) is 0 Å². The molecule has 1 atom stereocenters. The van der Waals surface area contributed by atoms with Gasteiger partial charge in [-0.3, -0.25) is 0 Å². The van der Waals surface area contributed by atoms with Crippen LogP contribution in [0, 0.1) is 5.92 Å². The summed E-state index contributed by atoms with van der Waals surface area (Å²) in [6.45, 7) is 7.06. The zero-order chi connectivity index (χ0) is 13.9. The lowest BCUT2D eigenvalue weighted by Crippen LogP contribution is -2.32. The summed E-state index contributed by atoms with van der Waals surface area (Å²) in [5.41, 5.74) is 0. The molecule has 0 heterocycles. The van der Waals surface area contributed by atoms with Crippen molar-refractivity contribution in [1.29, 1.82) is 0 Å². The summed E-state index contributed by atoms with van der Waals surface area (Å²) >= 11 is 0. The van der Waals surface area contributed by atoms with Gasteiger partial charge in [0.05, 0.1) is 19.3 Å². The van der Waals surface area contributed by atoms with Gasteiger partial charge < -0.3 is 19.9 Å². The van der Waals surface area contributed by atoms with Crippen LogP contribution in [0.3, 0.4) is 0 Å². The Morgan fingerprint density at radius 3 is 2.53 bits per heavy atom. The minimum Gasteiger partial charge on any atom is -0.491 e. The van der Waals surface area contributed by atoms with Crippen molar-refractivity contribution < 1.29 is 14.6 Å². The van der Waals surface area contributed by atoms with Gasteiger partial charge in [0.2, 0.25) is 0 Å². The SMILES string of the molecule is CC(C)CNC[C@H](O)COCCOc1ccccc1. The smallest absolute Gasteiger partial charge is 0.119 e. The Kier molecular flexibility index (Phi) is 8.21. The summed E-state index contributed by atoms with van der Waals surface area (Å²) in [7, 11) is 0. The monoisotopic (exact) mass is 267 g/mol. The summed E-state index contributed by atoms with van der Waals surface area (Å²) < 4.78 is 10.8. The van der Waals surface area contributed by atoms with E-state index in [1.807, 2.05) is 30.3 Å². The van der Waals surface area contributed by atoms with Crippen molar-refractivity contribution in [1.82, 2.24) is 5.32 Å². The van der Waals surface area contributed by atoms with E-state index in [1.54, 1.807) is 0 Å². The van der Waals surface area contributed by atoms with Crippen LogP contribution in [0.15, 0.2) is 30.3 Å². The van der Waals surface area contributed by atoms with E-state index in [0.29, 0.717) is 32.3 Å². The first-order valence-electron chi connectivity index (χ1n) is 6.83. The number of aliphatic hydroxyl groups is 1. The number of ether oxygens (including phenoxy) is 2. The summed E-state index contributed by atoms with van der Waals surface area (Å²) in [6, 6.07) is 9.62. The fourth-order valence-electron chi connectivity index (χ4n) is 1.55. The van der Waals surface area contributed by atoms with E-state index in [2.05, 4.69) is 19.2 Å². The molecule has 1 aromatic rings. The largest absolute Gasteiger partial charge is 0.491 e. The number of rotatable bonds is 10. The van der Waals surface area contributed by atoms with Crippen molar-refractivity contribution in [3.05, 3.63) is 30.3 Å². The van der Waals surface area contributed by atoms with Crippen molar-refractivity contribution in [2.45, 2.75) is 20.0 Å². The minimum absolute atomic E-state index is 0.337. The van der Waals surface area contributed by atoms with Crippen LogP contribution in [0.4, 0.5) is 0 Å². The van der Waals surface area contributed by atoms with Crippen molar-refractivity contribution in [3.8, 4) is 5.75 Å². The Morgan fingerprint density at radius 1 is 1.11 bits per heavy atom. The maximum absolute atomic E-state index is 9.65. The fraction of sp³-hybridized carbons (Fsp3) is 0.600. The molecule has 0 fully saturated rings. The van der Waals surface area contributed by atoms with Gasteiger partial charge in [0.1, 0.15) is 12.4 Å². The zero-order valence-electron chi connectivity index (χ0n) is 11.8. The molecule has 2 N–H and O–H groups in total. The molecular weight excluding hydrogens is 242 g/mol. The minimum atomic E-state index is -0.463. The molecule has 1 aromatic carbocycles. The van der Waals surface area contributed by atoms with E-state index in [1.165, 1.54) is 0 Å². The van der Waals surface area contributed by atoms with Crippen LogP contribution in [0.25, 0.3) is 0 Å². The van der Waals surface area contributed by atoms with Gasteiger partial charge in [0.15, 0.2) is 0 Å². The topological polar surface area (TPSA) is 50.7 Å². The second-order valence-corrected chi connectivity index (χ2v) is 4.94. The molecule has 108 valence electrons. The standard InChI is InChI=1S/C15H25NO3/c1-13(2)10-16-11-14(17)12-18-8-9-19-15-6-4-3-5-7-15/h3-7,13-14,16-17H,8-12H2,1-2H3/t14-/m0/s1. The summed E-state index contributed by atoms with van der Waals surface area (Å²) in [6.07, 6.45) is -0.463. The number of nitrogens with one attached hydrogen (secondary N) is 1. The summed E-state index contributed by atoms with van der Waals surface area (Å²) in [5, 5.41) is 12.8. The van der Waals surface area contributed by atoms with Crippen LogP contribution >= 0.6 is 0 Å². The molecule has 0 aliphatic rings. The lowest BCUT2D eigenvalue weighted by Gasteiger charge is -2.13. The average molecular weight is 267 g/mol. The predicted molar refractivity (Wildman–Crippen MR) is 76.5 cm³/mol. The maximum atomic E-state index is 9.65. The Morgan fingerprint density at radius 2 is 1.84 bits per heavy atom. The van der Waals surface area contributed by atoms with E-state index in [-0.39, 0.29) is 0 Å². The first-order valence-corrected chi connectivity index (χ1v) is 6.83. The van der Waals surface area contributed by atoms with E-state index in [9.17, 15) is 5.11 Å². The van der Waals surface area contributed by atoms with Crippen LogP contribution in [0.2, 0.25) is 0 Å². The normalized spacial score (nSPS) is 12.6. The quantitative estimate of drug-likeness (QED) is 0.633. The molecule has 0 aromatic heterocycles. The highest BCUT2D eigenvalue weighted by Crippen LogP contribution is 2.07. The van der Waals surface area contributed by atoms with Crippen LogP contribution in [-0.4, -0.2) is 44.1 Å². The molecule has 0 bridgehead atoms. The third-order valence-electron chi connectivity index (χ3n) is 2.48. The molecule has 0 amide bonds. The van der Waals surface area contributed by atoms with Crippen LogP contribution in [-0.2, 0) is 4.74 Å². The van der Waals surface area contributed by atoms with Gasteiger partial charge >= 0.3 is 0 Å². The number of para-hydroxylation sites is 1. The highest BCUT2D eigenvalue weighted by Gasteiger charge is 2.04.